The number of methoxy groups -OCH3 is 2. The normalized spacial score (nSPS) is 24.3. The smallest absolute Gasteiger partial charge is 0.163 e. The van der Waals surface area contributed by atoms with Crippen LogP contribution < -0.4 is 9.47 Å². The van der Waals surface area contributed by atoms with Crippen molar-refractivity contribution in [3.63, 3.8) is 0 Å². The summed E-state index contributed by atoms with van der Waals surface area (Å²) >= 11 is 6.29. The molecule has 1 aromatic rings. The number of hydrogen-bond donors (Lipinski definition) is 0. The first-order valence-electron chi connectivity index (χ1n) is 5.64. The summed E-state index contributed by atoms with van der Waals surface area (Å²) in [5.74, 6) is 1.51. The molecule has 2 nitrogen and oxygen atoms in total. The van der Waals surface area contributed by atoms with E-state index in [9.17, 15) is 4.39 Å². The van der Waals surface area contributed by atoms with E-state index in [0.717, 1.165) is 6.42 Å². The quantitative estimate of drug-likeness (QED) is 0.766. The lowest BCUT2D eigenvalue weighted by atomic mass is 10.1. The van der Waals surface area contributed by atoms with Gasteiger partial charge in [-0.3, -0.25) is 0 Å². The molecule has 0 aliphatic heterocycles. The highest BCUT2D eigenvalue weighted by molar-refractivity contribution is 6.21. The predicted molar refractivity (Wildman–Crippen MR) is 65.4 cm³/mol. The standard InChI is InChI=1S/C13H16ClFO2/c1-7-4-8(7)13(14)9-5-11(16-2)12(17-3)6-10(9)15/h5-8,13H,4H2,1-3H3. The molecule has 2 rings (SSSR count). The van der Waals surface area contributed by atoms with Gasteiger partial charge in [0, 0.05) is 11.6 Å². The van der Waals surface area contributed by atoms with E-state index in [0.29, 0.717) is 28.9 Å². The van der Waals surface area contributed by atoms with Crippen LogP contribution in [-0.2, 0) is 0 Å². The third-order valence-corrected chi connectivity index (χ3v) is 3.91. The van der Waals surface area contributed by atoms with Crippen molar-refractivity contribution in [1.29, 1.82) is 0 Å². The van der Waals surface area contributed by atoms with Crippen LogP contribution in [0.2, 0.25) is 0 Å². The highest BCUT2D eigenvalue weighted by Crippen LogP contribution is 2.51. The van der Waals surface area contributed by atoms with Crippen LogP contribution in [0.4, 0.5) is 4.39 Å². The van der Waals surface area contributed by atoms with Gasteiger partial charge in [-0.15, -0.1) is 11.6 Å². The molecule has 3 unspecified atom stereocenters. The van der Waals surface area contributed by atoms with Gasteiger partial charge in [0.2, 0.25) is 0 Å². The highest BCUT2D eigenvalue weighted by atomic mass is 35.5. The Morgan fingerprint density at radius 3 is 2.29 bits per heavy atom. The van der Waals surface area contributed by atoms with Gasteiger partial charge in [0.05, 0.1) is 19.6 Å². The molecule has 0 amide bonds. The Kier molecular flexibility index (Phi) is 3.48. The fourth-order valence-electron chi connectivity index (χ4n) is 2.07. The Morgan fingerprint density at radius 2 is 1.82 bits per heavy atom. The van der Waals surface area contributed by atoms with Crippen LogP contribution in [0.3, 0.4) is 0 Å². The van der Waals surface area contributed by atoms with Gasteiger partial charge in [-0.2, -0.15) is 0 Å². The summed E-state index contributed by atoms with van der Waals surface area (Å²) < 4.78 is 24.1. The fraction of sp³-hybridized carbons (Fsp3) is 0.538. The van der Waals surface area contributed by atoms with Crippen molar-refractivity contribution in [2.75, 3.05) is 14.2 Å². The minimum absolute atomic E-state index is 0.287. The monoisotopic (exact) mass is 258 g/mol. The maximum absolute atomic E-state index is 13.9. The van der Waals surface area contributed by atoms with Crippen molar-refractivity contribution in [2.45, 2.75) is 18.7 Å². The molecule has 1 aliphatic carbocycles. The molecule has 94 valence electrons. The van der Waals surface area contributed by atoms with Gasteiger partial charge < -0.3 is 9.47 Å². The summed E-state index contributed by atoms with van der Waals surface area (Å²) in [4.78, 5) is 0. The van der Waals surface area contributed by atoms with E-state index >= 15 is 0 Å². The Hall–Kier alpha value is -0.960. The lowest BCUT2D eigenvalue weighted by molar-refractivity contribution is 0.351. The molecule has 0 aromatic heterocycles. The zero-order chi connectivity index (χ0) is 12.6. The predicted octanol–water partition coefficient (Wildman–Crippen LogP) is 3.78. The van der Waals surface area contributed by atoms with E-state index in [1.165, 1.54) is 20.3 Å². The summed E-state index contributed by atoms with van der Waals surface area (Å²) in [5.41, 5.74) is 0.499. The molecule has 4 heteroatoms. The van der Waals surface area contributed by atoms with Crippen molar-refractivity contribution in [1.82, 2.24) is 0 Å². The van der Waals surface area contributed by atoms with Crippen molar-refractivity contribution in [3.05, 3.63) is 23.5 Å². The van der Waals surface area contributed by atoms with E-state index < -0.39 is 0 Å². The van der Waals surface area contributed by atoms with E-state index in [1.54, 1.807) is 6.07 Å². The number of hydrogen-bond acceptors (Lipinski definition) is 2. The van der Waals surface area contributed by atoms with Gasteiger partial charge in [0.15, 0.2) is 11.5 Å². The van der Waals surface area contributed by atoms with Crippen molar-refractivity contribution >= 4 is 11.6 Å². The molecule has 1 fully saturated rings. The van der Waals surface area contributed by atoms with Crippen LogP contribution >= 0.6 is 11.6 Å². The molecule has 17 heavy (non-hydrogen) atoms. The first-order chi connectivity index (χ1) is 8.08. The van der Waals surface area contributed by atoms with Crippen molar-refractivity contribution < 1.29 is 13.9 Å². The number of alkyl halides is 1. The van der Waals surface area contributed by atoms with Crippen LogP contribution in [0.15, 0.2) is 12.1 Å². The molecular weight excluding hydrogens is 243 g/mol. The summed E-state index contributed by atoms with van der Waals surface area (Å²) in [7, 11) is 3.01. The summed E-state index contributed by atoms with van der Waals surface area (Å²) in [6.07, 6.45) is 1.06. The summed E-state index contributed by atoms with van der Waals surface area (Å²) in [6, 6.07) is 2.97. The number of ether oxygens (including phenoxy) is 2. The second-order valence-corrected chi connectivity index (χ2v) is 4.98. The number of halogens is 2. The Balaban J connectivity index is 2.33. The minimum Gasteiger partial charge on any atom is -0.493 e. The Bertz CT molecular complexity index is 422. The van der Waals surface area contributed by atoms with Crippen molar-refractivity contribution in [3.8, 4) is 11.5 Å². The average molecular weight is 259 g/mol. The van der Waals surface area contributed by atoms with E-state index in [4.69, 9.17) is 21.1 Å². The van der Waals surface area contributed by atoms with Crippen LogP contribution in [0.1, 0.15) is 24.3 Å². The van der Waals surface area contributed by atoms with Gasteiger partial charge in [0.1, 0.15) is 5.82 Å². The second-order valence-electron chi connectivity index (χ2n) is 4.51. The minimum atomic E-state index is -0.332. The zero-order valence-electron chi connectivity index (χ0n) is 10.2. The molecule has 0 saturated heterocycles. The van der Waals surface area contributed by atoms with Gasteiger partial charge in [-0.25, -0.2) is 4.39 Å². The lowest BCUT2D eigenvalue weighted by Crippen LogP contribution is -2.01. The van der Waals surface area contributed by atoms with Crippen molar-refractivity contribution in [2.24, 2.45) is 11.8 Å². The topological polar surface area (TPSA) is 18.5 Å². The molecule has 0 N–H and O–H groups in total. The van der Waals surface area contributed by atoms with Crippen LogP contribution in [0.25, 0.3) is 0 Å². The maximum atomic E-state index is 13.9. The van der Waals surface area contributed by atoms with Crippen LogP contribution in [0, 0.1) is 17.7 Å². The van der Waals surface area contributed by atoms with E-state index in [-0.39, 0.29) is 11.2 Å². The molecule has 0 bridgehead atoms. The SMILES string of the molecule is COc1cc(F)c(C(Cl)C2CC2C)cc1OC. The summed E-state index contributed by atoms with van der Waals surface area (Å²) in [6.45, 7) is 2.12. The Morgan fingerprint density at radius 1 is 1.29 bits per heavy atom. The first kappa shape index (κ1) is 12.5. The lowest BCUT2D eigenvalue weighted by Gasteiger charge is -2.14. The molecule has 0 heterocycles. The molecule has 1 aliphatic rings. The largest absolute Gasteiger partial charge is 0.493 e. The van der Waals surface area contributed by atoms with Crippen LogP contribution in [0.5, 0.6) is 11.5 Å². The Labute approximate surface area is 106 Å². The first-order valence-corrected chi connectivity index (χ1v) is 6.07. The second kappa shape index (κ2) is 4.73. The van der Waals surface area contributed by atoms with Gasteiger partial charge in [-0.05, 0) is 24.3 Å². The maximum Gasteiger partial charge on any atom is 0.163 e. The molecule has 1 aromatic carbocycles. The molecule has 1 saturated carbocycles. The number of benzene rings is 1. The third kappa shape index (κ3) is 2.34. The highest BCUT2D eigenvalue weighted by Gasteiger charge is 2.40. The average Bonchev–Trinajstić information content (AvgIpc) is 3.05. The molecular formula is C13H16ClFO2. The molecule has 3 atom stereocenters. The molecule has 0 radical (unpaired) electrons. The van der Waals surface area contributed by atoms with Gasteiger partial charge in [-0.1, -0.05) is 6.92 Å². The summed E-state index contributed by atoms with van der Waals surface area (Å²) in [5, 5.41) is -0.287. The fourth-order valence-corrected chi connectivity index (χ4v) is 2.59. The van der Waals surface area contributed by atoms with Gasteiger partial charge in [0.25, 0.3) is 0 Å². The zero-order valence-corrected chi connectivity index (χ0v) is 10.9. The van der Waals surface area contributed by atoms with E-state index in [1.807, 2.05) is 0 Å². The van der Waals surface area contributed by atoms with E-state index in [2.05, 4.69) is 6.92 Å². The third-order valence-electron chi connectivity index (χ3n) is 3.35. The van der Waals surface area contributed by atoms with Crippen LogP contribution in [-0.4, -0.2) is 14.2 Å². The van der Waals surface area contributed by atoms with Gasteiger partial charge >= 0.3 is 0 Å². The molecule has 0 spiro atoms. The number of rotatable bonds is 4.